The van der Waals surface area contributed by atoms with Crippen LogP contribution in [-0.4, -0.2) is 27.5 Å². The molecule has 5 nitrogen and oxygen atoms in total. The largest absolute Gasteiger partial charge is 0.398 e. The molecule has 3 N–H and O–H groups in total. The molecule has 0 aliphatic carbocycles. The molecule has 0 spiro atoms. The van der Waals surface area contributed by atoms with E-state index in [9.17, 15) is 8.42 Å². The highest BCUT2D eigenvalue weighted by Crippen LogP contribution is 2.27. The van der Waals surface area contributed by atoms with Crippen molar-refractivity contribution in [3.8, 4) is 0 Å². The van der Waals surface area contributed by atoms with Crippen molar-refractivity contribution in [2.45, 2.75) is 25.7 Å². The van der Waals surface area contributed by atoms with E-state index in [1.54, 1.807) is 34.0 Å². The molecule has 0 aliphatic rings. The van der Waals surface area contributed by atoms with Crippen molar-refractivity contribution in [1.82, 2.24) is 9.84 Å². The Labute approximate surface area is 103 Å². The minimum absolute atomic E-state index is 0.267. The number of aryl methyl sites for hydroxylation is 1. The zero-order chi connectivity index (χ0) is 13.4. The molecule has 0 radical (unpaired) electrons. The Bertz CT molecular complexity index is 510. The molecule has 96 valence electrons. The molecular weight excluding hydrogens is 238 g/mol. The van der Waals surface area contributed by atoms with E-state index >= 15 is 0 Å². The molecule has 1 aromatic carbocycles. The molecule has 0 saturated carbocycles. The Morgan fingerprint density at radius 1 is 1.18 bits per heavy atom. The molecule has 0 aliphatic heterocycles. The first-order valence-corrected chi connectivity index (χ1v) is 6.71. The van der Waals surface area contributed by atoms with Gasteiger partial charge in [-0.25, -0.2) is 13.4 Å². The standard InChI is InChI=1S/C11H19N3O2S/c1-7-6-10(12)9(3)11(8(7)2)17(15,16)13-14(4)5/h6,13H,12H2,1-5H3. The molecule has 1 aromatic rings. The van der Waals surface area contributed by atoms with Crippen LogP contribution in [0.2, 0.25) is 0 Å². The summed E-state index contributed by atoms with van der Waals surface area (Å²) in [4.78, 5) is 2.69. The van der Waals surface area contributed by atoms with E-state index in [0.717, 1.165) is 11.1 Å². The predicted molar refractivity (Wildman–Crippen MR) is 69.1 cm³/mol. The Morgan fingerprint density at radius 2 is 1.71 bits per heavy atom. The number of nitrogens with zero attached hydrogens (tertiary/aromatic N) is 1. The highest BCUT2D eigenvalue weighted by molar-refractivity contribution is 7.89. The third-order valence-electron chi connectivity index (χ3n) is 2.65. The molecular formula is C11H19N3O2S. The van der Waals surface area contributed by atoms with Gasteiger partial charge in [-0.15, -0.1) is 4.83 Å². The Morgan fingerprint density at radius 3 is 2.18 bits per heavy atom. The number of hydrogen-bond donors (Lipinski definition) is 2. The number of rotatable bonds is 3. The SMILES string of the molecule is Cc1cc(N)c(C)c(S(=O)(=O)NN(C)C)c1C. The summed E-state index contributed by atoms with van der Waals surface area (Å²) < 4.78 is 24.4. The van der Waals surface area contributed by atoms with Gasteiger partial charge in [-0.2, -0.15) is 0 Å². The number of hydrazine groups is 1. The van der Waals surface area contributed by atoms with Gasteiger partial charge in [0.05, 0.1) is 4.90 Å². The highest BCUT2D eigenvalue weighted by atomic mass is 32.2. The average molecular weight is 257 g/mol. The van der Waals surface area contributed by atoms with Crippen LogP contribution in [0.1, 0.15) is 16.7 Å². The summed E-state index contributed by atoms with van der Waals surface area (Å²) in [6, 6.07) is 1.79. The zero-order valence-corrected chi connectivity index (χ0v) is 11.6. The van der Waals surface area contributed by atoms with Gasteiger partial charge >= 0.3 is 0 Å². The summed E-state index contributed by atoms with van der Waals surface area (Å²) in [5.41, 5.74) is 8.49. The second kappa shape index (κ2) is 4.64. The lowest BCUT2D eigenvalue weighted by atomic mass is 10.1. The molecule has 17 heavy (non-hydrogen) atoms. The molecule has 0 aromatic heterocycles. The first-order valence-electron chi connectivity index (χ1n) is 5.23. The molecule has 0 heterocycles. The van der Waals surface area contributed by atoms with Gasteiger partial charge < -0.3 is 5.73 Å². The first-order chi connectivity index (χ1) is 7.66. The lowest BCUT2D eigenvalue weighted by Crippen LogP contribution is -2.37. The Hall–Kier alpha value is -1.11. The van der Waals surface area contributed by atoms with Gasteiger partial charge in [-0.3, -0.25) is 0 Å². The Kier molecular flexibility index (Phi) is 3.81. The van der Waals surface area contributed by atoms with E-state index in [1.165, 1.54) is 5.01 Å². The highest BCUT2D eigenvalue weighted by Gasteiger charge is 2.22. The minimum Gasteiger partial charge on any atom is -0.398 e. The van der Waals surface area contributed by atoms with Crippen LogP contribution in [0.4, 0.5) is 5.69 Å². The maximum absolute atomic E-state index is 12.2. The molecule has 6 heteroatoms. The van der Waals surface area contributed by atoms with E-state index in [0.29, 0.717) is 11.3 Å². The summed E-state index contributed by atoms with van der Waals surface area (Å²) in [5, 5.41) is 1.40. The van der Waals surface area contributed by atoms with Crippen molar-refractivity contribution in [3.05, 3.63) is 22.8 Å². The van der Waals surface area contributed by atoms with Crippen molar-refractivity contribution in [2.24, 2.45) is 0 Å². The van der Waals surface area contributed by atoms with Crippen molar-refractivity contribution >= 4 is 15.7 Å². The van der Waals surface area contributed by atoms with Gasteiger partial charge in [0.2, 0.25) is 0 Å². The van der Waals surface area contributed by atoms with Crippen LogP contribution in [0.25, 0.3) is 0 Å². The third kappa shape index (κ3) is 2.77. The van der Waals surface area contributed by atoms with Crippen molar-refractivity contribution in [3.63, 3.8) is 0 Å². The van der Waals surface area contributed by atoms with E-state index in [4.69, 9.17) is 5.73 Å². The molecule has 0 atom stereocenters. The van der Waals surface area contributed by atoms with Crippen LogP contribution in [0.5, 0.6) is 0 Å². The summed E-state index contributed by atoms with van der Waals surface area (Å²) in [5.74, 6) is 0. The molecule has 0 fully saturated rings. The quantitative estimate of drug-likeness (QED) is 0.624. The normalized spacial score (nSPS) is 12.1. The summed E-state index contributed by atoms with van der Waals surface area (Å²) in [6.07, 6.45) is 0. The zero-order valence-electron chi connectivity index (χ0n) is 10.8. The van der Waals surface area contributed by atoms with Crippen LogP contribution in [-0.2, 0) is 10.0 Å². The number of nitrogens with one attached hydrogen (secondary N) is 1. The van der Waals surface area contributed by atoms with Gasteiger partial charge in [0.15, 0.2) is 0 Å². The van der Waals surface area contributed by atoms with Crippen LogP contribution in [0.3, 0.4) is 0 Å². The van der Waals surface area contributed by atoms with E-state index in [1.807, 2.05) is 6.92 Å². The predicted octanol–water partition coefficient (Wildman–Crippen LogP) is 0.949. The van der Waals surface area contributed by atoms with Gasteiger partial charge in [-0.1, -0.05) is 0 Å². The van der Waals surface area contributed by atoms with Gasteiger partial charge in [0.25, 0.3) is 10.0 Å². The van der Waals surface area contributed by atoms with Gasteiger partial charge in [-0.05, 0) is 43.5 Å². The number of benzene rings is 1. The molecule has 1 rings (SSSR count). The second-order valence-electron chi connectivity index (χ2n) is 4.35. The van der Waals surface area contributed by atoms with E-state index < -0.39 is 10.0 Å². The number of nitrogen functional groups attached to an aromatic ring is 1. The van der Waals surface area contributed by atoms with Gasteiger partial charge in [0, 0.05) is 19.8 Å². The maximum Gasteiger partial charge on any atom is 0.254 e. The molecule has 0 saturated heterocycles. The van der Waals surface area contributed by atoms with Crippen molar-refractivity contribution in [1.29, 1.82) is 0 Å². The second-order valence-corrected chi connectivity index (χ2v) is 5.95. The lowest BCUT2D eigenvalue weighted by Gasteiger charge is -2.18. The first kappa shape index (κ1) is 14.0. The van der Waals surface area contributed by atoms with Crippen molar-refractivity contribution in [2.75, 3.05) is 19.8 Å². The number of anilines is 1. The van der Waals surface area contributed by atoms with Crippen LogP contribution in [0.15, 0.2) is 11.0 Å². The van der Waals surface area contributed by atoms with Crippen LogP contribution in [0, 0.1) is 20.8 Å². The van der Waals surface area contributed by atoms with E-state index in [-0.39, 0.29) is 4.90 Å². The number of sulfonamides is 1. The lowest BCUT2D eigenvalue weighted by molar-refractivity contribution is 0.363. The maximum atomic E-state index is 12.2. The molecule has 0 bridgehead atoms. The number of hydrogen-bond acceptors (Lipinski definition) is 4. The molecule has 0 unspecified atom stereocenters. The monoisotopic (exact) mass is 257 g/mol. The molecule has 0 amide bonds. The smallest absolute Gasteiger partial charge is 0.254 e. The third-order valence-corrected chi connectivity index (χ3v) is 4.40. The minimum atomic E-state index is -3.57. The fourth-order valence-electron chi connectivity index (χ4n) is 1.73. The fraction of sp³-hybridized carbons (Fsp3) is 0.455. The summed E-state index contributed by atoms with van der Waals surface area (Å²) in [7, 11) is -0.317. The number of nitrogens with two attached hydrogens (primary N) is 1. The van der Waals surface area contributed by atoms with Crippen LogP contribution < -0.4 is 10.6 Å². The topological polar surface area (TPSA) is 75.4 Å². The van der Waals surface area contributed by atoms with Crippen molar-refractivity contribution < 1.29 is 8.42 Å². The summed E-state index contributed by atoms with van der Waals surface area (Å²) >= 11 is 0. The van der Waals surface area contributed by atoms with Gasteiger partial charge in [0.1, 0.15) is 0 Å². The van der Waals surface area contributed by atoms with E-state index in [2.05, 4.69) is 4.83 Å². The Balaban J connectivity index is 3.51. The average Bonchev–Trinajstić information content (AvgIpc) is 2.12. The summed E-state index contributed by atoms with van der Waals surface area (Å²) in [6.45, 7) is 5.35. The van der Waals surface area contributed by atoms with Crippen LogP contribution >= 0.6 is 0 Å². The fourth-order valence-corrected chi connectivity index (χ4v) is 3.39.